The second kappa shape index (κ2) is 9.73. The summed E-state index contributed by atoms with van der Waals surface area (Å²) in [6.07, 6.45) is 0. The van der Waals surface area contributed by atoms with Crippen molar-refractivity contribution in [1.29, 1.82) is 0 Å². The summed E-state index contributed by atoms with van der Waals surface area (Å²) in [5, 5.41) is 5.31. The molecule has 2 N–H and O–H groups in total. The minimum atomic E-state index is -0.569. The van der Waals surface area contributed by atoms with Gasteiger partial charge in [0.15, 0.2) is 0 Å². The summed E-state index contributed by atoms with van der Waals surface area (Å²) in [6.45, 7) is 2.39. The number of nitrogens with one attached hydrogen (secondary N) is 2. The summed E-state index contributed by atoms with van der Waals surface area (Å²) in [6, 6.07) is 15.4. The maximum absolute atomic E-state index is 13.3. The highest BCUT2D eigenvalue weighted by Crippen LogP contribution is 2.26. The van der Waals surface area contributed by atoms with Crippen molar-refractivity contribution in [3.8, 4) is 5.75 Å². The molecule has 3 aromatic carbocycles. The van der Waals surface area contributed by atoms with Crippen LogP contribution in [0.3, 0.4) is 0 Å². The molecule has 0 radical (unpaired) electrons. The molecule has 0 atom stereocenters. The van der Waals surface area contributed by atoms with E-state index in [0.29, 0.717) is 39.3 Å². The van der Waals surface area contributed by atoms with Crippen LogP contribution in [-0.2, 0) is 0 Å². The molecule has 0 aliphatic rings. The molecular formula is C22H17BrClFN2O3. The summed E-state index contributed by atoms with van der Waals surface area (Å²) in [7, 11) is 0. The summed E-state index contributed by atoms with van der Waals surface area (Å²) >= 11 is 9.12. The van der Waals surface area contributed by atoms with Crippen LogP contribution in [0.4, 0.5) is 15.8 Å². The highest BCUT2D eigenvalue weighted by atomic mass is 79.9. The van der Waals surface area contributed by atoms with Crippen molar-refractivity contribution in [2.45, 2.75) is 6.92 Å². The van der Waals surface area contributed by atoms with Gasteiger partial charge >= 0.3 is 0 Å². The van der Waals surface area contributed by atoms with Crippen LogP contribution in [0.15, 0.2) is 65.1 Å². The lowest BCUT2D eigenvalue weighted by Gasteiger charge is -2.10. The van der Waals surface area contributed by atoms with Gasteiger partial charge in [0.25, 0.3) is 11.8 Å². The minimum absolute atomic E-state index is 0.0877. The summed E-state index contributed by atoms with van der Waals surface area (Å²) in [4.78, 5) is 25.0. The molecule has 0 heterocycles. The maximum atomic E-state index is 13.3. The summed E-state index contributed by atoms with van der Waals surface area (Å²) < 4.78 is 19.4. The van der Waals surface area contributed by atoms with Crippen LogP contribution in [0.1, 0.15) is 27.6 Å². The molecule has 0 fully saturated rings. The molecular weight excluding hydrogens is 475 g/mol. The zero-order chi connectivity index (χ0) is 21.7. The van der Waals surface area contributed by atoms with E-state index in [9.17, 15) is 14.0 Å². The first-order chi connectivity index (χ1) is 14.4. The number of benzene rings is 3. The molecule has 0 bridgehead atoms. The van der Waals surface area contributed by atoms with Gasteiger partial charge in [-0.3, -0.25) is 9.59 Å². The average molecular weight is 492 g/mol. The first-order valence-corrected chi connectivity index (χ1v) is 10.1. The van der Waals surface area contributed by atoms with Crippen molar-refractivity contribution in [2.24, 2.45) is 0 Å². The Kier molecular flexibility index (Phi) is 7.07. The zero-order valence-corrected chi connectivity index (χ0v) is 18.2. The molecule has 0 aliphatic heterocycles. The first-order valence-electron chi connectivity index (χ1n) is 8.97. The molecule has 0 saturated carbocycles. The molecule has 3 aromatic rings. The van der Waals surface area contributed by atoms with Gasteiger partial charge in [-0.05, 0) is 77.5 Å². The second-order valence-electron chi connectivity index (χ2n) is 6.20. The minimum Gasteiger partial charge on any atom is -0.493 e. The Labute approximate surface area is 186 Å². The van der Waals surface area contributed by atoms with Gasteiger partial charge in [0.2, 0.25) is 0 Å². The second-order valence-corrected chi connectivity index (χ2v) is 7.46. The first kappa shape index (κ1) is 21.8. The molecule has 0 saturated heterocycles. The third-order valence-corrected chi connectivity index (χ3v) is 4.96. The third-order valence-electron chi connectivity index (χ3n) is 4.05. The quantitative estimate of drug-likeness (QED) is 0.435. The summed E-state index contributed by atoms with van der Waals surface area (Å²) in [5.74, 6) is -0.673. The zero-order valence-electron chi connectivity index (χ0n) is 15.8. The van der Waals surface area contributed by atoms with Crippen molar-refractivity contribution in [3.05, 3.63) is 87.1 Å². The number of hydrogen-bond donors (Lipinski definition) is 2. The van der Waals surface area contributed by atoms with Crippen molar-refractivity contribution in [2.75, 3.05) is 17.2 Å². The number of amides is 2. The number of halogens is 3. The Morgan fingerprint density at radius 1 is 0.967 bits per heavy atom. The molecule has 3 rings (SSSR count). The summed E-state index contributed by atoms with van der Waals surface area (Å²) in [5.41, 5.74) is 1.57. The van der Waals surface area contributed by atoms with Crippen LogP contribution < -0.4 is 15.4 Å². The van der Waals surface area contributed by atoms with Crippen LogP contribution in [-0.4, -0.2) is 18.4 Å². The lowest BCUT2D eigenvalue weighted by Crippen LogP contribution is -2.15. The van der Waals surface area contributed by atoms with Crippen LogP contribution in [0.2, 0.25) is 5.02 Å². The number of anilines is 2. The van der Waals surface area contributed by atoms with E-state index in [2.05, 4.69) is 26.6 Å². The van der Waals surface area contributed by atoms with Crippen molar-refractivity contribution >= 4 is 50.7 Å². The van der Waals surface area contributed by atoms with E-state index >= 15 is 0 Å². The molecule has 8 heteroatoms. The van der Waals surface area contributed by atoms with E-state index in [1.54, 1.807) is 42.5 Å². The monoisotopic (exact) mass is 490 g/mol. The fourth-order valence-corrected chi connectivity index (χ4v) is 3.31. The van der Waals surface area contributed by atoms with Crippen molar-refractivity contribution < 1.29 is 18.7 Å². The van der Waals surface area contributed by atoms with E-state index < -0.39 is 11.7 Å². The predicted molar refractivity (Wildman–Crippen MR) is 119 cm³/mol. The highest BCUT2D eigenvalue weighted by Gasteiger charge is 2.12. The molecule has 154 valence electrons. The standard InChI is InChI=1S/C22H17BrClFN2O3/c1-2-30-20-9-6-14(11-17(20)23)22(29)26-15-5-3-4-13(10-15)21(28)27-16-7-8-19(25)18(24)12-16/h3-12H,2H2,1H3,(H,26,29)(H,27,28). The SMILES string of the molecule is CCOc1ccc(C(=O)Nc2cccc(C(=O)Nc3ccc(F)c(Cl)c3)c2)cc1Br. The van der Waals surface area contributed by atoms with Crippen LogP contribution in [0.25, 0.3) is 0 Å². The number of hydrogen-bond acceptors (Lipinski definition) is 3. The highest BCUT2D eigenvalue weighted by molar-refractivity contribution is 9.10. The molecule has 0 aliphatic carbocycles. The largest absolute Gasteiger partial charge is 0.493 e. The van der Waals surface area contributed by atoms with Crippen LogP contribution in [0, 0.1) is 5.82 Å². The normalized spacial score (nSPS) is 10.4. The smallest absolute Gasteiger partial charge is 0.255 e. The van der Waals surface area contributed by atoms with E-state index in [1.807, 2.05) is 6.92 Å². The number of rotatable bonds is 6. The fraction of sp³-hybridized carbons (Fsp3) is 0.0909. The van der Waals surface area contributed by atoms with Gasteiger partial charge in [-0.1, -0.05) is 17.7 Å². The van der Waals surface area contributed by atoms with Gasteiger partial charge < -0.3 is 15.4 Å². The molecule has 2 amide bonds. The van der Waals surface area contributed by atoms with Gasteiger partial charge in [0.05, 0.1) is 16.1 Å². The average Bonchev–Trinajstić information content (AvgIpc) is 2.72. The Morgan fingerprint density at radius 3 is 2.27 bits per heavy atom. The lowest BCUT2D eigenvalue weighted by molar-refractivity contribution is 0.101. The Hall–Kier alpha value is -2.90. The predicted octanol–water partition coefficient (Wildman–Crippen LogP) is 6.14. The van der Waals surface area contributed by atoms with Gasteiger partial charge in [0.1, 0.15) is 11.6 Å². The maximum Gasteiger partial charge on any atom is 0.255 e. The Balaban J connectivity index is 1.71. The molecule has 0 unspecified atom stereocenters. The fourth-order valence-electron chi connectivity index (χ4n) is 2.63. The topological polar surface area (TPSA) is 67.4 Å². The number of ether oxygens (including phenoxy) is 1. The van der Waals surface area contributed by atoms with Gasteiger partial charge in [-0.25, -0.2) is 4.39 Å². The number of carbonyl (C=O) groups excluding carboxylic acids is 2. The van der Waals surface area contributed by atoms with Crippen molar-refractivity contribution in [1.82, 2.24) is 0 Å². The number of carbonyl (C=O) groups is 2. The molecule has 0 aromatic heterocycles. The third kappa shape index (κ3) is 5.37. The Morgan fingerprint density at radius 2 is 1.63 bits per heavy atom. The van der Waals surface area contributed by atoms with Crippen molar-refractivity contribution in [3.63, 3.8) is 0 Å². The van der Waals surface area contributed by atoms with Crippen LogP contribution >= 0.6 is 27.5 Å². The molecule has 30 heavy (non-hydrogen) atoms. The molecule has 0 spiro atoms. The lowest BCUT2D eigenvalue weighted by atomic mass is 10.1. The molecule has 5 nitrogen and oxygen atoms in total. The van der Waals surface area contributed by atoms with E-state index in [-0.39, 0.29) is 10.9 Å². The van der Waals surface area contributed by atoms with E-state index in [4.69, 9.17) is 16.3 Å². The van der Waals surface area contributed by atoms with E-state index in [0.717, 1.165) is 0 Å². The van der Waals surface area contributed by atoms with Gasteiger partial charge in [-0.15, -0.1) is 0 Å². The Bertz CT molecular complexity index is 1110. The van der Waals surface area contributed by atoms with Crippen LogP contribution in [0.5, 0.6) is 5.75 Å². The van der Waals surface area contributed by atoms with E-state index in [1.165, 1.54) is 18.2 Å². The van der Waals surface area contributed by atoms with Gasteiger partial charge in [0, 0.05) is 22.5 Å². The van der Waals surface area contributed by atoms with Gasteiger partial charge in [-0.2, -0.15) is 0 Å².